The van der Waals surface area contributed by atoms with Gasteiger partial charge in [-0.1, -0.05) is 12.1 Å². The van der Waals surface area contributed by atoms with E-state index >= 15 is 0 Å². The topological polar surface area (TPSA) is 98.5 Å². The zero-order valence-electron chi connectivity index (χ0n) is 15.7. The van der Waals surface area contributed by atoms with Gasteiger partial charge in [-0.15, -0.1) is 0 Å². The Morgan fingerprint density at radius 3 is 2.69 bits per heavy atom. The molecule has 0 spiro atoms. The highest BCUT2D eigenvalue weighted by atomic mass is 16.5. The van der Waals surface area contributed by atoms with Crippen LogP contribution in [-0.2, 0) is 14.3 Å². The summed E-state index contributed by atoms with van der Waals surface area (Å²) in [5, 5.41) is 2.87. The third-order valence-electron chi connectivity index (χ3n) is 5.29. The average Bonchev–Trinajstić information content (AvgIpc) is 2.62. The van der Waals surface area contributed by atoms with Crippen LogP contribution in [0.15, 0.2) is 18.2 Å². The second-order valence-electron chi connectivity index (χ2n) is 7.00. The largest absolute Gasteiger partial charge is 0.465 e. The van der Waals surface area contributed by atoms with E-state index in [1.807, 2.05) is 19.9 Å². The van der Waals surface area contributed by atoms with Crippen LogP contribution in [-0.4, -0.2) is 55.6 Å². The summed E-state index contributed by atoms with van der Waals surface area (Å²) >= 11 is 0. The lowest BCUT2D eigenvalue weighted by Gasteiger charge is -2.42. The Morgan fingerprint density at radius 2 is 2.08 bits per heavy atom. The number of nitrogens with one attached hydrogen (secondary N) is 1. The minimum absolute atomic E-state index is 0.184. The minimum atomic E-state index is -0.491. The number of methoxy groups -OCH3 is 1. The van der Waals surface area contributed by atoms with Crippen LogP contribution < -0.4 is 11.1 Å². The van der Waals surface area contributed by atoms with Crippen molar-refractivity contribution in [2.24, 2.45) is 11.7 Å². The van der Waals surface area contributed by atoms with E-state index in [1.165, 1.54) is 7.11 Å². The average molecular weight is 362 g/mol. The van der Waals surface area contributed by atoms with E-state index in [4.69, 9.17) is 10.5 Å². The fourth-order valence-electron chi connectivity index (χ4n) is 3.70. The number of piperidine rings is 1. The number of carbonyl (C=O) groups is 3. The number of nitrogens with zero attached hydrogens (tertiary/aromatic N) is 1. The molecule has 26 heavy (non-hydrogen) atoms. The van der Waals surface area contributed by atoms with Gasteiger partial charge in [-0.25, -0.2) is 4.79 Å². The molecular weight excluding hydrogens is 334 g/mol. The first kappa shape index (κ1) is 19.9. The van der Waals surface area contributed by atoms with Gasteiger partial charge in [0.25, 0.3) is 5.91 Å². The molecule has 1 heterocycles. The Hall–Kier alpha value is -2.41. The molecule has 2 amide bonds. The van der Waals surface area contributed by atoms with Gasteiger partial charge in [0.1, 0.15) is 0 Å². The van der Waals surface area contributed by atoms with Crippen LogP contribution >= 0.6 is 0 Å². The molecule has 0 aromatic heterocycles. The van der Waals surface area contributed by atoms with Gasteiger partial charge >= 0.3 is 5.97 Å². The summed E-state index contributed by atoms with van der Waals surface area (Å²) in [6.45, 7) is 6.26. The predicted molar refractivity (Wildman–Crippen MR) is 98.5 cm³/mol. The molecule has 0 bridgehead atoms. The summed E-state index contributed by atoms with van der Waals surface area (Å²) in [4.78, 5) is 36.3. The van der Waals surface area contributed by atoms with Crippen LogP contribution in [0.5, 0.6) is 0 Å². The fraction of sp³-hybridized carbons (Fsp3) is 0.526. The van der Waals surface area contributed by atoms with Crippen molar-refractivity contribution in [1.82, 2.24) is 0 Å². The van der Waals surface area contributed by atoms with Gasteiger partial charge in [0, 0.05) is 0 Å². The van der Waals surface area contributed by atoms with Crippen molar-refractivity contribution in [2.45, 2.75) is 26.7 Å². The lowest BCUT2D eigenvalue weighted by molar-refractivity contribution is -0.925. The fourth-order valence-corrected chi connectivity index (χ4v) is 3.70. The molecule has 1 fully saturated rings. The van der Waals surface area contributed by atoms with Crippen LogP contribution in [0.25, 0.3) is 0 Å². The first-order chi connectivity index (χ1) is 12.3. The first-order valence-corrected chi connectivity index (χ1v) is 8.94. The van der Waals surface area contributed by atoms with Crippen LogP contribution in [0.2, 0.25) is 0 Å². The highest BCUT2D eigenvalue weighted by Crippen LogP contribution is 2.25. The lowest BCUT2D eigenvalue weighted by Crippen LogP contribution is -2.58. The zero-order valence-corrected chi connectivity index (χ0v) is 15.7. The molecule has 1 aromatic rings. The number of benzene rings is 1. The quantitative estimate of drug-likeness (QED) is 0.591. The van der Waals surface area contributed by atoms with Crippen molar-refractivity contribution in [3.8, 4) is 0 Å². The number of primary amides is 1. The van der Waals surface area contributed by atoms with Gasteiger partial charge in [0.05, 0.1) is 43.9 Å². The highest BCUT2D eigenvalue weighted by Gasteiger charge is 2.38. The number of esters is 1. The molecule has 2 rings (SSSR count). The predicted octanol–water partition coefficient (Wildman–Crippen LogP) is 1.45. The molecule has 0 radical (unpaired) electrons. The van der Waals surface area contributed by atoms with Gasteiger partial charge in [-0.05, 0) is 38.3 Å². The number of likely N-dealkylation sites (N-methyl/N-ethyl adjacent to an activating group) is 1. The van der Waals surface area contributed by atoms with Gasteiger partial charge in [-0.3, -0.25) is 9.59 Å². The molecule has 2 atom stereocenters. The number of anilines is 1. The molecule has 7 heteroatoms. The summed E-state index contributed by atoms with van der Waals surface area (Å²) in [7, 11) is 1.31. The number of quaternary nitrogens is 1. The molecule has 2 unspecified atom stereocenters. The number of rotatable bonds is 6. The Bertz CT molecular complexity index is 704. The smallest absolute Gasteiger partial charge is 0.339 e. The number of carbonyl (C=O) groups excluding carboxylic acids is 3. The van der Waals surface area contributed by atoms with Crippen molar-refractivity contribution < 1.29 is 23.6 Å². The summed E-state index contributed by atoms with van der Waals surface area (Å²) in [5.41, 5.74) is 7.08. The van der Waals surface area contributed by atoms with E-state index in [9.17, 15) is 14.4 Å². The molecule has 0 saturated carbocycles. The number of amides is 2. The second-order valence-corrected chi connectivity index (χ2v) is 7.00. The molecule has 3 N–H and O–H groups in total. The van der Waals surface area contributed by atoms with E-state index in [1.54, 1.807) is 12.1 Å². The third-order valence-corrected chi connectivity index (χ3v) is 5.29. The first-order valence-electron chi connectivity index (χ1n) is 8.94. The van der Waals surface area contributed by atoms with E-state index in [2.05, 4.69) is 5.32 Å². The molecule has 1 aromatic carbocycles. The maximum absolute atomic E-state index is 12.7. The number of para-hydroxylation sites is 1. The molecule has 142 valence electrons. The molecule has 1 aliphatic rings. The number of hydrogen-bond donors (Lipinski definition) is 2. The molecule has 0 aliphatic carbocycles. The number of likely N-dealkylation sites (tertiary alicyclic amines) is 1. The lowest BCUT2D eigenvalue weighted by atomic mass is 9.95. The Balaban J connectivity index is 2.18. The summed E-state index contributed by atoms with van der Waals surface area (Å²) in [6.07, 6.45) is 1.65. The number of nitrogens with two attached hydrogens (primary N) is 1. The van der Waals surface area contributed by atoms with E-state index in [0.717, 1.165) is 31.5 Å². The molecular formula is C19H28N3O4+. The van der Waals surface area contributed by atoms with Crippen LogP contribution in [0, 0.1) is 12.8 Å². The van der Waals surface area contributed by atoms with E-state index < -0.39 is 5.97 Å². The Morgan fingerprint density at radius 1 is 1.35 bits per heavy atom. The van der Waals surface area contributed by atoms with Gasteiger partial charge in [0.2, 0.25) is 5.91 Å². The van der Waals surface area contributed by atoms with Gasteiger partial charge < -0.3 is 20.3 Å². The minimum Gasteiger partial charge on any atom is -0.465 e. The normalized spacial score (nSPS) is 22.5. The van der Waals surface area contributed by atoms with Crippen LogP contribution in [0.1, 0.15) is 35.7 Å². The van der Waals surface area contributed by atoms with E-state index in [-0.39, 0.29) is 24.3 Å². The molecule has 7 nitrogen and oxygen atoms in total. The number of aryl methyl sites for hydroxylation is 1. The molecule has 1 saturated heterocycles. The summed E-state index contributed by atoms with van der Waals surface area (Å²) in [6, 6.07) is 5.21. The highest BCUT2D eigenvalue weighted by molar-refractivity contribution is 6.02. The van der Waals surface area contributed by atoms with E-state index in [0.29, 0.717) is 22.3 Å². The monoisotopic (exact) mass is 362 g/mol. The SMILES string of the molecule is CC[N+]1(CC(=O)Nc2c(C)cccc2C(=O)OC)CCCC(C(N)=O)C1. The summed E-state index contributed by atoms with van der Waals surface area (Å²) in [5.74, 6) is -1.17. The second kappa shape index (κ2) is 8.31. The standard InChI is InChI=1S/C19H27N3O4/c1-4-22(10-6-8-14(11-22)18(20)24)12-16(23)21-17-13(2)7-5-9-15(17)19(25)26-3/h5,7,9,14H,4,6,8,10-12H2,1-3H3,(H2-,20,21,23,24,25)/p+1. The van der Waals surface area contributed by atoms with Gasteiger partial charge in [-0.2, -0.15) is 0 Å². The maximum Gasteiger partial charge on any atom is 0.339 e. The number of hydrogen-bond acceptors (Lipinski definition) is 4. The van der Waals surface area contributed by atoms with Crippen molar-refractivity contribution in [1.29, 1.82) is 0 Å². The van der Waals surface area contributed by atoms with Crippen LogP contribution in [0.3, 0.4) is 0 Å². The third kappa shape index (κ3) is 4.40. The number of ether oxygens (including phenoxy) is 1. The maximum atomic E-state index is 12.7. The van der Waals surface area contributed by atoms with Crippen molar-refractivity contribution >= 4 is 23.5 Å². The zero-order chi connectivity index (χ0) is 19.3. The summed E-state index contributed by atoms with van der Waals surface area (Å²) < 4.78 is 5.33. The Kier molecular flexibility index (Phi) is 6.37. The van der Waals surface area contributed by atoms with Gasteiger partial charge in [0.15, 0.2) is 6.54 Å². The van der Waals surface area contributed by atoms with Crippen molar-refractivity contribution in [3.63, 3.8) is 0 Å². The van der Waals surface area contributed by atoms with Crippen LogP contribution in [0.4, 0.5) is 5.69 Å². The Labute approximate surface area is 154 Å². The van der Waals surface area contributed by atoms with Crippen molar-refractivity contribution in [2.75, 3.05) is 38.6 Å². The van der Waals surface area contributed by atoms with Crippen molar-refractivity contribution in [3.05, 3.63) is 29.3 Å². The molecule has 1 aliphatic heterocycles.